The molecule has 0 heterocycles. The molecule has 2 aliphatic carbocycles. The predicted octanol–water partition coefficient (Wildman–Crippen LogP) is 2.84. The number of quaternary nitrogens is 1. The van der Waals surface area contributed by atoms with Gasteiger partial charge in [-0.3, -0.25) is 0 Å². The molecule has 19 heavy (non-hydrogen) atoms. The lowest BCUT2D eigenvalue weighted by atomic mass is 9.70. The Morgan fingerprint density at radius 2 is 1.84 bits per heavy atom. The number of carbonyl (C=O) groups is 1. The van der Waals surface area contributed by atoms with E-state index in [0.717, 1.165) is 12.3 Å². The molecule has 0 aromatic carbocycles. The number of esters is 1. The van der Waals surface area contributed by atoms with Gasteiger partial charge in [0.1, 0.15) is 6.10 Å². The third-order valence-corrected chi connectivity index (χ3v) is 6.48. The second kappa shape index (κ2) is 4.21. The van der Waals surface area contributed by atoms with Gasteiger partial charge >= 0.3 is 5.97 Å². The Kier molecular flexibility index (Phi) is 3.29. The maximum atomic E-state index is 12.3. The van der Waals surface area contributed by atoms with Crippen LogP contribution in [0.2, 0.25) is 0 Å². The largest absolute Gasteiger partial charge is 0.457 e. The zero-order valence-corrected chi connectivity index (χ0v) is 13.6. The summed E-state index contributed by atoms with van der Waals surface area (Å²) in [5.41, 5.74) is 0.468. The van der Waals surface area contributed by atoms with E-state index >= 15 is 0 Å². The fraction of sp³-hybridized carbons (Fsp3) is 0.938. The van der Waals surface area contributed by atoms with Crippen LogP contribution in [0.4, 0.5) is 0 Å². The van der Waals surface area contributed by atoms with Crippen molar-refractivity contribution in [1.29, 1.82) is 0 Å². The molecule has 0 radical (unpaired) electrons. The summed E-state index contributed by atoms with van der Waals surface area (Å²) in [5, 5.41) is 0. The van der Waals surface area contributed by atoms with Gasteiger partial charge in [-0.15, -0.1) is 0 Å². The molecule has 4 atom stereocenters. The molecule has 110 valence electrons. The van der Waals surface area contributed by atoms with E-state index in [2.05, 4.69) is 20.8 Å². The van der Waals surface area contributed by atoms with Crippen LogP contribution in [0.25, 0.3) is 0 Å². The lowest BCUT2D eigenvalue weighted by Crippen LogP contribution is -2.50. The van der Waals surface area contributed by atoms with Crippen LogP contribution in [-0.4, -0.2) is 43.7 Å². The van der Waals surface area contributed by atoms with Crippen molar-refractivity contribution in [2.45, 2.75) is 59.1 Å². The van der Waals surface area contributed by atoms with Gasteiger partial charge in [0.25, 0.3) is 0 Å². The first-order chi connectivity index (χ1) is 8.50. The fourth-order valence-corrected chi connectivity index (χ4v) is 3.86. The summed E-state index contributed by atoms with van der Waals surface area (Å²) in [5.74, 6) is 0.678. The molecular formula is C16H30NO2+. The molecule has 2 saturated carbocycles. The molecule has 0 aromatic rings. The minimum Gasteiger partial charge on any atom is -0.457 e. The molecule has 0 aliphatic heterocycles. The smallest absolute Gasteiger partial charge is 0.364 e. The number of nitrogens with zero attached hydrogens (tertiary/aromatic N) is 1. The topological polar surface area (TPSA) is 26.3 Å². The van der Waals surface area contributed by atoms with Crippen LogP contribution >= 0.6 is 0 Å². The van der Waals surface area contributed by atoms with Crippen LogP contribution in [0.3, 0.4) is 0 Å². The number of hydrogen-bond donors (Lipinski definition) is 0. The number of rotatable bonds is 3. The summed E-state index contributed by atoms with van der Waals surface area (Å²) in [6, 6.07) is -0.106. The van der Waals surface area contributed by atoms with Crippen molar-refractivity contribution in [1.82, 2.24) is 0 Å². The first kappa shape index (κ1) is 14.8. The lowest BCUT2D eigenvalue weighted by molar-refractivity contribution is -0.885. The summed E-state index contributed by atoms with van der Waals surface area (Å²) < 4.78 is 6.54. The molecule has 0 N–H and O–H groups in total. The molecule has 2 fully saturated rings. The number of ether oxygens (including phenoxy) is 1. The van der Waals surface area contributed by atoms with Crippen LogP contribution in [0, 0.1) is 16.7 Å². The van der Waals surface area contributed by atoms with Crippen LogP contribution in [0.5, 0.6) is 0 Å². The highest BCUT2D eigenvalue weighted by Gasteiger charge is 2.63. The van der Waals surface area contributed by atoms with Crippen LogP contribution in [0.15, 0.2) is 0 Å². The van der Waals surface area contributed by atoms with E-state index in [4.69, 9.17) is 4.74 Å². The van der Waals surface area contributed by atoms with Gasteiger partial charge in [-0.25, -0.2) is 4.79 Å². The highest BCUT2D eigenvalue weighted by molar-refractivity contribution is 5.74. The molecule has 2 rings (SSSR count). The molecule has 2 bridgehead atoms. The van der Waals surface area contributed by atoms with Gasteiger partial charge < -0.3 is 9.22 Å². The summed E-state index contributed by atoms with van der Waals surface area (Å²) >= 11 is 0. The third kappa shape index (κ3) is 2.10. The van der Waals surface area contributed by atoms with Crippen molar-refractivity contribution in [2.24, 2.45) is 16.7 Å². The molecule has 2 aliphatic rings. The summed E-state index contributed by atoms with van der Waals surface area (Å²) in [6.45, 7) is 8.97. The Hall–Kier alpha value is -0.570. The molecule has 0 spiro atoms. The van der Waals surface area contributed by atoms with Gasteiger partial charge in [0.05, 0.1) is 21.1 Å². The fourth-order valence-electron chi connectivity index (χ4n) is 3.86. The SMILES string of the molecule is C[C@@H](C(=O)O[C@@H]1C[C@@H]2CC[C@]1(C)C2(C)C)[N+](C)(C)C. The van der Waals surface area contributed by atoms with Gasteiger partial charge in [0.15, 0.2) is 6.04 Å². The van der Waals surface area contributed by atoms with Gasteiger partial charge in [-0.05, 0) is 37.5 Å². The second-order valence-corrected chi connectivity index (χ2v) is 8.33. The summed E-state index contributed by atoms with van der Waals surface area (Å²) in [6.07, 6.45) is 3.66. The molecule has 0 saturated heterocycles. The van der Waals surface area contributed by atoms with Gasteiger partial charge in [-0.2, -0.15) is 0 Å². The van der Waals surface area contributed by atoms with Crippen LogP contribution in [-0.2, 0) is 9.53 Å². The van der Waals surface area contributed by atoms with Crippen LogP contribution in [0.1, 0.15) is 47.0 Å². The van der Waals surface area contributed by atoms with Crippen molar-refractivity contribution >= 4 is 5.97 Å². The average Bonchev–Trinajstić information content (AvgIpc) is 2.59. The second-order valence-electron chi connectivity index (χ2n) is 8.33. The number of fused-ring (bicyclic) bond motifs is 2. The predicted molar refractivity (Wildman–Crippen MR) is 76.6 cm³/mol. The highest BCUT2D eigenvalue weighted by atomic mass is 16.5. The maximum absolute atomic E-state index is 12.3. The Balaban J connectivity index is 2.09. The van der Waals surface area contributed by atoms with E-state index in [1.54, 1.807) is 0 Å². The molecule has 0 aromatic heterocycles. The number of likely N-dealkylation sites (N-methyl/N-ethyl adjacent to an activating group) is 1. The Morgan fingerprint density at radius 3 is 2.21 bits per heavy atom. The number of carbonyl (C=O) groups excluding carboxylic acids is 1. The molecule has 3 heteroatoms. The van der Waals surface area contributed by atoms with Crippen LogP contribution < -0.4 is 0 Å². The summed E-state index contributed by atoms with van der Waals surface area (Å²) in [4.78, 5) is 12.3. The number of hydrogen-bond acceptors (Lipinski definition) is 2. The van der Waals surface area contributed by atoms with E-state index < -0.39 is 0 Å². The quantitative estimate of drug-likeness (QED) is 0.581. The van der Waals surface area contributed by atoms with E-state index in [9.17, 15) is 4.79 Å². The molecule has 0 unspecified atom stereocenters. The van der Waals surface area contributed by atoms with Crippen molar-refractivity contribution in [3.05, 3.63) is 0 Å². The Labute approximate surface area is 117 Å². The molecular weight excluding hydrogens is 238 g/mol. The van der Waals surface area contributed by atoms with E-state index in [1.807, 2.05) is 28.1 Å². The standard InChI is InChI=1S/C16H30NO2/c1-11(17(5,6)7)14(18)19-13-10-12-8-9-16(13,4)15(12,2)3/h11-13H,8-10H2,1-7H3/q+1/t11-,12-,13+,16-/m0/s1. The lowest BCUT2D eigenvalue weighted by Gasteiger charge is -2.39. The van der Waals surface area contributed by atoms with Crippen molar-refractivity contribution in [3.63, 3.8) is 0 Å². The highest BCUT2D eigenvalue weighted by Crippen LogP contribution is 2.66. The van der Waals surface area contributed by atoms with Crippen molar-refractivity contribution in [3.8, 4) is 0 Å². The van der Waals surface area contributed by atoms with Gasteiger partial charge in [0.2, 0.25) is 0 Å². The first-order valence-corrected chi connectivity index (χ1v) is 7.52. The van der Waals surface area contributed by atoms with Gasteiger partial charge in [-0.1, -0.05) is 20.8 Å². The Bertz CT molecular complexity index is 383. The average molecular weight is 268 g/mol. The normalized spacial score (nSPS) is 38.3. The van der Waals surface area contributed by atoms with Gasteiger partial charge in [0, 0.05) is 5.41 Å². The van der Waals surface area contributed by atoms with E-state index in [1.165, 1.54) is 12.8 Å². The van der Waals surface area contributed by atoms with Crippen molar-refractivity contribution < 1.29 is 14.0 Å². The molecule has 3 nitrogen and oxygen atoms in total. The van der Waals surface area contributed by atoms with E-state index in [0.29, 0.717) is 9.90 Å². The molecule has 0 amide bonds. The first-order valence-electron chi connectivity index (χ1n) is 7.52. The zero-order valence-electron chi connectivity index (χ0n) is 13.6. The Morgan fingerprint density at radius 1 is 1.26 bits per heavy atom. The maximum Gasteiger partial charge on any atom is 0.364 e. The monoisotopic (exact) mass is 268 g/mol. The van der Waals surface area contributed by atoms with Crippen molar-refractivity contribution in [2.75, 3.05) is 21.1 Å². The summed E-state index contributed by atoms with van der Waals surface area (Å²) in [7, 11) is 6.12. The zero-order chi connectivity index (χ0) is 14.6. The third-order valence-electron chi connectivity index (χ3n) is 6.48. The minimum atomic E-state index is -0.106. The minimum absolute atomic E-state index is 0.0397. The van der Waals surface area contributed by atoms with E-state index in [-0.39, 0.29) is 23.5 Å².